The minimum atomic E-state index is -0.577. The van der Waals surface area contributed by atoms with Crippen LogP contribution >= 0.6 is 0 Å². The van der Waals surface area contributed by atoms with Gasteiger partial charge in [0.1, 0.15) is 0 Å². The number of carbonyl (C=O) groups excluding carboxylic acids is 1. The fourth-order valence-electron chi connectivity index (χ4n) is 2.02. The molecule has 0 fully saturated rings. The van der Waals surface area contributed by atoms with Crippen LogP contribution < -0.4 is 16.4 Å². The fraction of sp³-hybridized carbons (Fsp3) is 0.500. The summed E-state index contributed by atoms with van der Waals surface area (Å²) in [7, 11) is 1.64. The molecule has 1 rings (SSSR count). The van der Waals surface area contributed by atoms with Crippen molar-refractivity contribution in [1.29, 1.82) is 0 Å². The number of hydrogen-bond acceptors (Lipinski definition) is 4. The predicted molar refractivity (Wildman–Crippen MR) is 78.6 cm³/mol. The highest BCUT2D eigenvalue weighted by Gasteiger charge is 2.13. The van der Waals surface area contributed by atoms with E-state index in [0.29, 0.717) is 18.7 Å². The van der Waals surface area contributed by atoms with Crippen LogP contribution in [-0.2, 0) is 4.74 Å². The van der Waals surface area contributed by atoms with E-state index in [9.17, 15) is 4.79 Å². The first kappa shape index (κ1) is 16.4. The number of primary amides is 1. The number of urea groups is 1. The SMILES string of the molecule is COCC(CCO)NC(C)c1ccc(NC(N)=O)cc1. The molecule has 2 unspecified atom stereocenters. The van der Waals surface area contributed by atoms with Crippen LogP contribution in [0.5, 0.6) is 0 Å². The number of rotatable bonds is 8. The highest BCUT2D eigenvalue weighted by Crippen LogP contribution is 2.17. The van der Waals surface area contributed by atoms with E-state index >= 15 is 0 Å². The zero-order valence-electron chi connectivity index (χ0n) is 11.9. The van der Waals surface area contributed by atoms with Crippen molar-refractivity contribution in [2.45, 2.75) is 25.4 Å². The summed E-state index contributed by atoms with van der Waals surface area (Å²) in [5, 5.41) is 14.9. The summed E-state index contributed by atoms with van der Waals surface area (Å²) in [4.78, 5) is 10.7. The molecule has 6 heteroatoms. The minimum Gasteiger partial charge on any atom is -0.396 e. The van der Waals surface area contributed by atoms with E-state index in [4.69, 9.17) is 15.6 Å². The normalized spacial score (nSPS) is 13.8. The molecular formula is C14H23N3O3. The number of aliphatic hydroxyl groups is 1. The number of anilines is 1. The number of ether oxygens (including phenoxy) is 1. The third-order valence-corrected chi connectivity index (χ3v) is 3.01. The first-order chi connectivity index (χ1) is 9.56. The molecule has 6 nitrogen and oxygen atoms in total. The van der Waals surface area contributed by atoms with E-state index in [1.807, 2.05) is 19.1 Å². The quantitative estimate of drug-likeness (QED) is 0.576. The van der Waals surface area contributed by atoms with Crippen LogP contribution in [0.25, 0.3) is 0 Å². The van der Waals surface area contributed by atoms with Crippen LogP contribution in [0.2, 0.25) is 0 Å². The van der Waals surface area contributed by atoms with Crippen molar-refractivity contribution in [1.82, 2.24) is 5.32 Å². The molecule has 1 aromatic rings. The topological polar surface area (TPSA) is 96.6 Å². The Balaban J connectivity index is 2.61. The molecule has 0 spiro atoms. The molecule has 0 saturated carbocycles. The van der Waals surface area contributed by atoms with E-state index in [0.717, 1.165) is 5.56 Å². The molecule has 0 saturated heterocycles. The molecule has 2 amide bonds. The second-order valence-electron chi connectivity index (χ2n) is 4.66. The maximum Gasteiger partial charge on any atom is 0.316 e. The molecule has 5 N–H and O–H groups in total. The maximum absolute atomic E-state index is 10.7. The van der Waals surface area contributed by atoms with Gasteiger partial charge in [-0.25, -0.2) is 4.79 Å². The summed E-state index contributed by atoms with van der Waals surface area (Å²) in [6.07, 6.45) is 0.638. The van der Waals surface area contributed by atoms with Crippen LogP contribution in [0.1, 0.15) is 24.9 Å². The average molecular weight is 281 g/mol. The Bertz CT molecular complexity index is 403. The Morgan fingerprint density at radius 1 is 1.40 bits per heavy atom. The second-order valence-corrected chi connectivity index (χ2v) is 4.66. The third kappa shape index (κ3) is 5.56. The maximum atomic E-state index is 10.7. The number of nitrogens with two attached hydrogens (primary N) is 1. The van der Waals surface area contributed by atoms with Gasteiger partial charge in [-0.15, -0.1) is 0 Å². The van der Waals surface area contributed by atoms with E-state index < -0.39 is 6.03 Å². The van der Waals surface area contributed by atoms with E-state index in [1.54, 1.807) is 19.2 Å². The number of benzene rings is 1. The molecule has 0 bridgehead atoms. The number of nitrogens with one attached hydrogen (secondary N) is 2. The van der Waals surface area contributed by atoms with E-state index in [1.165, 1.54) is 0 Å². The Labute approximate surface area is 119 Å². The number of aliphatic hydroxyl groups excluding tert-OH is 1. The average Bonchev–Trinajstić information content (AvgIpc) is 2.39. The highest BCUT2D eigenvalue weighted by atomic mass is 16.5. The van der Waals surface area contributed by atoms with Crippen LogP contribution in [0, 0.1) is 0 Å². The zero-order chi connectivity index (χ0) is 15.0. The summed E-state index contributed by atoms with van der Waals surface area (Å²) in [5.74, 6) is 0. The Morgan fingerprint density at radius 2 is 2.05 bits per heavy atom. The van der Waals surface area contributed by atoms with Gasteiger partial charge in [0.05, 0.1) is 6.61 Å². The van der Waals surface area contributed by atoms with Crippen molar-refractivity contribution < 1.29 is 14.6 Å². The molecule has 0 radical (unpaired) electrons. The molecule has 0 aliphatic carbocycles. The molecule has 112 valence electrons. The van der Waals surface area contributed by atoms with Gasteiger partial charge in [0.15, 0.2) is 0 Å². The molecule has 0 aromatic heterocycles. The van der Waals surface area contributed by atoms with Crippen molar-refractivity contribution in [2.75, 3.05) is 25.6 Å². The van der Waals surface area contributed by atoms with Gasteiger partial charge < -0.3 is 26.2 Å². The van der Waals surface area contributed by atoms with Gasteiger partial charge in [-0.3, -0.25) is 0 Å². The number of hydrogen-bond donors (Lipinski definition) is 4. The lowest BCUT2D eigenvalue weighted by Gasteiger charge is -2.22. The van der Waals surface area contributed by atoms with Gasteiger partial charge in [0.2, 0.25) is 0 Å². The highest BCUT2D eigenvalue weighted by molar-refractivity contribution is 5.87. The standard InChI is InChI=1S/C14H23N3O3/c1-10(16-13(7-8-18)9-20-2)11-3-5-12(6-4-11)17-14(15)19/h3-6,10,13,16,18H,7-9H2,1-2H3,(H3,15,17,19). The van der Waals surface area contributed by atoms with Gasteiger partial charge in [-0.1, -0.05) is 12.1 Å². The van der Waals surface area contributed by atoms with E-state index in [2.05, 4.69) is 10.6 Å². The Morgan fingerprint density at radius 3 is 2.55 bits per heavy atom. The smallest absolute Gasteiger partial charge is 0.316 e. The number of amides is 2. The first-order valence-electron chi connectivity index (χ1n) is 6.59. The van der Waals surface area contributed by atoms with Crippen LogP contribution in [0.3, 0.4) is 0 Å². The second kappa shape index (κ2) is 8.52. The van der Waals surface area contributed by atoms with Gasteiger partial charge in [-0.05, 0) is 31.0 Å². The van der Waals surface area contributed by atoms with Crippen LogP contribution in [0.15, 0.2) is 24.3 Å². The van der Waals surface area contributed by atoms with Crippen molar-refractivity contribution >= 4 is 11.7 Å². The van der Waals surface area contributed by atoms with Crippen LogP contribution in [0.4, 0.5) is 10.5 Å². The van der Waals surface area contributed by atoms with Gasteiger partial charge >= 0.3 is 6.03 Å². The van der Waals surface area contributed by atoms with Gasteiger partial charge in [-0.2, -0.15) is 0 Å². The summed E-state index contributed by atoms with van der Waals surface area (Å²) in [6.45, 7) is 2.71. The molecule has 2 atom stereocenters. The van der Waals surface area contributed by atoms with Crippen LogP contribution in [-0.4, -0.2) is 37.5 Å². The molecule has 0 aliphatic heterocycles. The Kier molecular flexibility index (Phi) is 7.00. The number of carbonyl (C=O) groups is 1. The summed E-state index contributed by atoms with van der Waals surface area (Å²) < 4.78 is 5.12. The molecular weight excluding hydrogens is 258 g/mol. The van der Waals surface area contributed by atoms with Crippen molar-refractivity contribution in [3.8, 4) is 0 Å². The first-order valence-corrected chi connectivity index (χ1v) is 6.59. The lowest BCUT2D eigenvalue weighted by molar-refractivity contribution is 0.143. The lowest BCUT2D eigenvalue weighted by Crippen LogP contribution is -2.36. The summed E-state index contributed by atoms with van der Waals surface area (Å²) in [6, 6.07) is 7.09. The van der Waals surface area contributed by atoms with Crippen molar-refractivity contribution in [3.63, 3.8) is 0 Å². The third-order valence-electron chi connectivity index (χ3n) is 3.01. The molecule has 0 heterocycles. The minimum absolute atomic E-state index is 0.100. The van der Waals surface area contributed by atoms with E-state index in [-0.39, 0.29) is 18.7 Å². The Hall–Kier alpha value is -1.63. The van der Waals surface area contributed by atoms with Gasteiger partial charge in [0, 0.05) is 31.5 Å². The largest absolute Gasteiger partial charge is 0.396 e. The number of methoxy groups -OCH3 is 1. The van der Waals surface area contributed by atoms with Gasteiger partial charge in [0.25, 0.3) is 0 Å². The molecule has 0 aliphatic rings. The zero-order valence-corrected chi connectivity index (χ0v) is 11.9. The molecule has 1 aromatic carbocycles. The summed E-state index contributed by atoms with van der Waals surface area (Å²) in [5.41, 5.74) is 6.80. The van der Waals surface area contributed by atoms with Crippen molar-refractivity contribution in [3.05, 3.63) is 29.8 Å². The summed E-state index contributed by atoms with van der Waals surface area (Å²) >= 11 is 0. The van der Waals surface area contributed by atoms with Crippen molar-refractivity contribution in [2.24, 2.45) is 5.73 Å². The fourth-order valence-corrected chi connectivity index (χ4v) is 2.02. The predicted octanol–water partition coefficient (Wildman–Crippen LogP) is 1.23. The molecule has 20 heavy (non-hydrogen) atoms. The lowest BCUT2D eigenvalue weighted by atomic mass is 10.1. The monoisotopic (exact) mass is 281 g/mol.